The fraction of sp³-hybridized carbons (Fsp3) is 0.636. The van der Waals surface area contributed by atoms with Crippen LogP contribution in [-0.2, 0) is 9.53 Å². The van der Waals surface area contributed by atoms with Crippen LogP contribution < -0.4 is 5.32 Å². The molecule has 0 bridgehead atoms. The zero-order chi connectivity index (χ0) is 12.3. The lowest BCUT2D eigenvalue weighted by atomic mass is 10.1. The van der Waals surface area contributed by atoms with Crippen LogP contribution in [0, 0.1) is 5.92 Å². The molecule has 1 aliphatic rings. The number of hydrogen-bond donors (Lipinski definition) is 2. The Morgan fingerprint density at radius 2 is 2.00 bits per heavy atom. The lowest BCUT2D eigenvalue weighted by Gasteiger charge is -2.21. The largest absolute Gasteiger partial charge is 0.481 e. The Labute approximate surface area is 94.5 Å². The minimum atomic E-state index is -0.871. The van der Waals surface area contributed by atoms with Gasteiger partial charge in [0.05, 0.1) is 12.0 Å². The molecule has 0 radical (unpaired) electrons. The molecule has 0 spiro atoms. The normalized spacial score (nSPS) is 24.2. The minimum Gasteiger partial charge on any atom is -0.481 e. The molecular weight excluding hydrogens is 210 g/mol. The number of carboxylic acids is 1. The first-order valence-electron chi connectivity index (χ1n) is 5.18. The second-order valence-electron chi connectivity index (χ2n) is 4.82. The van der Waals surface area contributed by atoms with Crippen LogP contribution in [0.3, 0.4) is 0 Å². The van der Waals surface area contributed by atoms with Gasteiger partial charge in [0.25, 0.3) is 0 Å². The van der Waals surface area contributed by atoms with E-state index in [9.17, 15) is 9.59 Å². The molecule has 2 atom stereocenters. The summed E-state index contributed by atoms with van der Waals surface area (Å²) >= 11 is 0. The summed E-state index contributed by atoms with van der Waals surface area (Å²) < 4.78 is 5.06. The average molecular weight is 227 g/mol. The predicted molar refractivity (Wildman–Crippen MR) is 58.0 cm³/mol. The van der Waals surface area contributed by atoms with E-state index in [0.29, 0.717) is 6.42 Å². The van der Waals surface area contributed by atoms with Gasteiger partial charge in [0, 0.05) is 0 Å². The lowest BCUT2D eigenvalue weighted by molar-refractivity contribution is -0.140. The van der Waals surface area contributed by atoms with E-state index >= 15 is 0 Å². The van der Waals surface area contributed by atoms with E-state index in [1.54, 1.807) is 32.9 Å². The zero-order valence-electron chi connectivity index (χ0n) is 9.69. The van der Waals surface area contributed by atoms with E-state index in [4.69, 9.17) is 9.84 Å². The number of aliphatic carboxylic acids is 1. The van der Waals surface area contributed by atoms with Crippen molar-refractivity contribution >= 4 is 12.1 Å². The van der Waals surface area contributed by atoms with Crippen molar-refractivity contribution in [2.45, 2.75) is 38.8 Å². The molecule has 0 aromatic rings. The second-order valence-corrected chi connectivity index (χ2v) is 4.82. The SMILES string of the molecule is CC(C)(C)OC(=O)NC1C=C[C@H](C(=O)O)C1. The van der Waals surface area contributed by atoms with Crippen LogP contribution in [0.25, 0.3) is 0 Å². The van der Waals surface area contributed by atoms with Gasteiger partial charge in [-0.1, -0.05) is 12.2 Å². The van der Waals surface area contributed by atoms with Crippen molar-refractivity contribution in [2.24, 2.45) is 5.92 Å². The highest BCUT2D eigenvalue weighted by Gasteiger charge is 2.26. The summed E-state index contributed by atoms with van der Waals surface area (Å²) in [7, 11) is 0. The monoisotopic (exact) mass is 227 g/mol. The molecule has 0 saturated carbocycles. The van der Waals surface area contributed by atoms with E-state index in [0.717, 1.165) is 0 Å². The van der Waals surface area contributed by atoms with Gasteiger partial charge >= 0.3 is 12.1 Å². The first kappa shape index (κ1) is 12.5. The summed E-state index contributed by atoms with van der Waals surface area (Å²) in [4.78, 5) is 22.0. The molecule has 1 unspecified atom stereocenters. The number of rotatable bonds is 2. The van der Waals surface area contributed by atoms with Crippen LogP contribution in [0.4, 0.5) is 4.79 Å². The molecule has 1 rings (SSSR count). The maximum absolute atomic E-state index is 11.4. The Morgan fingerprint density at radius 1 is 1.38 bits per heavy atom. The van der Waals surface area contributed by atoms with Crippen LogP contribution in [0.2, 0.25) is 0 Å². The number of alkyl carbamates (subject to hydrolysis) is 1. The Kier molecular flexibility index (Phi) is 3.57. The molecule has 0 fully saturated rings. The van der Waals surface area contributed by atoms with Crippen LogP contribution >= 0.6 is 0 Å². The van der Waals surface area contributed by atoms with E-state index in [2.05, 4.69) is 5.32 Å². The van der Waals surface area contributed by atoms with Crippen molar-refractivity contribution in [3.05, 3.63) is 12.2 Å². The molecule has 16 heavy (non-hydrogen) atoms. The second kappa shape index (κ2) is 4.55. The van der Waals surface area contributed by atoms with E-state index in [-0.39, 0.29) is 6.04 Å². The van der Waals surface area contributed by atoms with Gasteiger partial charge < -0.3 is 15.2 Å². The maximum atomic E-state index is 11.4. The number of carboxylic acid groups (broad SMARTS) is 1. The van der Waals surface area contributed by atoms with Crippen LogP contribution in [0.1, 0.15) is 27.2 Å². The molecule has 0 aliphatic heterocycles. The molecule has 5 nitrogen and oxygen atoms in total. The van der Waals surface area contributed by atoms with Gasteiger partial charge in [-0.15, -0.1) is 0 Å². The standard InChI is InChI=1S/C11H17NO4/c1-11(2,3)16-10(15)12-8-5-4-7(6-8)9(13)14/h4-5,7-8H,6H2,1-3H3,(H,12,15)(H,13,14)/t7-,8?/m0/s1. The smallest absolute Gasteiger partial charge is 0.408 e. The number of ether oxygens (including phenoxy) is 1. The molecular formula is C11H17NO4. The molecule has 0 aromatic carbocycles. The molecule has 1 aliphatic carbocycles. The molecule has 90 valence electrons. The summed E-state index contributed by atoms with van der Waals surface area (Å²) in [6.07, 6.45) is 3.13. The summed E-state index contributed by atoms with van der Waals surface area (Å²) in [5.74, 6) is -1.38. The Hall–Kier alpha value is -1.52. The molecule has 0 heterocycles. The predicted octanol–water partition coefficient (Wildman–Crippen LogP) is 1.54. The fourth-order valence-corrected chi connectivity index (χ4v) is 1.45. The van der Waals surface area contributed by atoms with Crippen molar-refractivity contribution in [2.75, 3.05) is 0 Å². The van der Waals surface area contributed by atoms with Gasteiger partial charge in [-0.3, -0.25) is 4.79 Å². The van der Waals surface area contributed by atoms with Gasteiger partial charge in [-0.2, -0.15) is 0 Å². The van der Waals surface area contributed by atoms with Gasteiger partial charge in [-0.25, -0.2) is 4.79 Å². The van der Waals surface area contributed by atoms with Crippen molar-refractivity contribution < 1.29 is 19.4 Å². The number of hydrogen-bond acceptors (Lipinski definition) is 3. The van der Waals surface area contributed by atoms with Gasteiger partial charge in [-0.05, 0) is 27.2 Å². The zero-order valence-corrected chi connectivity index (χ0v) is 9.69. The minimum absolute atomic E-state index is 0.254. The fourth-order valence-electron chi connectivity index (χ4n) is 1.45. The summed E-state index contributed by atoms with van der Waals surface area (Å²) in [5.41, 5.74) is -0.543. The number of carbonyl (C=O) groups is 2. The highest BCUT2D eigenvalue weighted by Crippen LogP contribution is 2.18. The first-order chi connectivity index (χ1) is 7.28. The molecule has 0 saturated heterocycles. The van der Waals surface area contributed by atoms with Gasteiger partial charge in [0.1, 0.15) is 5.60 Å². The third-order valence-electron chi connectivity index (χ3n) is 2.10. The molecule has 5 heteroatoms. The Balaban J connectivity index is 2.38. The first-order valence-corrected chi connectivity index (χ1v) is 5.18. The Bertz CT molecular complexity index is 316. The number of nitrogens with one attached hydrogen (secondary N) is 1. The molecule has 1 amide bonds. The van der Waals surface area contributed by atoms with Crippen molar-refractivity contribution in [1.29, 1.82) is 0 Å². The highest BCUT2D eigenvalue weighted by molar-refractivity contribution is 5.74. The van der Waals surface area contributed by atoms with Crippen LogP contribution in [-0.4, -0.2) is 28.8 Å². The van der Waals surface area contributed by atoms with Gasteiger partial charge in [0.15, 0.2) is 0 Å². The van der Waals surface area contributed by atoms with E-state index < -0.39 is 23.6 Å². The molecule has 0 aromatic heterocycles. The molecule has 2 N–H and O–H groups in total. The highest BCUT2D eigenvalue weighted by atomic mass is 16.6. The number of amides is 1. The van der Waals surface area contributed by atoms with Crippen LogP contribution in [0.15, 0.2) is 12.2 Å². The lowest BCUT2D eigenvalue weighted by Crippen LogP contribution is -2.38. The Morgan fingerprint density at radius 3 is 2.44 bits per heavy atom. The maximum Gasteiger partial charge on any atom is 0.408 e. The quantitative estimate of drug-likeness (QED) is 0.701. The average Bonchev–Trinajstić information content (AvgIpc) is 2.48. The summed E-state index contributed by atoms with van der Waals surface area (Å²) in [5, 5.41) is 11.4. The number of carbonyl (C=O) groups excluding carboxylic acids is 1. The van der Waals surface area contributed by atoms with Crippen molar-refractivity contribution in [3.63, 3.8) is 0 Å². The third-order valence-corrected chi connectivity index (χ3v) is 2.10. The summed E-state index contributed by atoms with van der Waals surface area (Å²) in [6, 6.07) is -0.254. The third kappa shape index (κ3) is 3.92. The summed E-state index contributed by atoms with van der Waals surface area (Å²) in [6.45, 7) is 5.32. The van der Waals surface area contributed by atoms with E-state index in [1.165, 1.54) is 0 Å². The van der Waals surface area contributed by atoms with Crippen LogP contribution in [0.5, 0.6) is 0 Å². The topological polar surface area (TPSA) is 75.6 Å². The van der Waals surface area contributed by atoms with E-state index in [1.807, 2.05) is 0 Å². The van der Waals surface area contributed by atoms with Crippen molar-refractivity contribution in [3.8, 4) is 0 Å². The van der Waals surface area contributed by atoms with Gasteiger partial charge in [0.2, 0.25) is 0 Å². The van der Waals surface area contributed by atoms with Crippen molar-refractivity contribution in [1.82, 2.24) is 5.32 Å².